The normalized spacial score (nSPS) is 11.2. The SMILES string of the molecule is C[NH+]=C(Nc1ccc(OC)cc1)c1ccc(Cl)cc1. The van der Waals surface area contributed by atoms with Gasteiger partial charge in [-0.2, -0.15) is 0 Å². The maximum atomic E-state index is 5.89. The first-order valence-electron chi connectivity index (χ1n) is 5.94. The van der Waals surface area contributed by atoms with Crippen molar-refractivity contribution in [1.29, 1.82) is 0 Å². The molecule has 0 saturated heterocycles. The van der Waals surface area contributed by atoms with Gasteiger partial charge in [-0.1, -0.05) is 11.6 Å². The zero-order valence-corrected chi connectivity index (χ0v) is 11.7. The zero-order valence-electron chi connectivity index (χ0n) is 10.9. The molecule has 98 valence electrons. The molecule has 3 nitrogen and oxygen atoms in total. The lowest BCUT2D eigenvalue weighted by atomic mass is 10.2. The molecule has 0 aliphatic rings. The minimum atomic E-state index is 0.726. The molecule has 2 aromatic rings. The number of methoxy groups -OCH3 is 1. The van der Waals surface area contributed by atoms with Gasteiger partial charge in [0.15, 0.2) is 0 Å². The van der Waals surface area contributed by atoms with Crippen LogP contribution in [0.5, 0.6) is 5.75 Å². The lowest BCUT2D eigenvalue weighted by Crippen LogP contribution is -2.70. The van der Waals surface area contributed by atoms with Crippen molar-refractivity contribution in [3.8, 4) is 5.75 Å². The van der Waals surface area contributed by atoms with E-state index in [9.17, 15) is 0 Å². The van der Waals surface area contributed by atoms with E-state index in [4.69, 9.17) is 16.3 Å². The minimum absolute atomic E-state index is 0.726. The van der Waals surface area contributed by atoms with Gasteiger partial charge in [0.05, 0.1) is 19.7 Å². The van der Waals surface area contributed by atoms with Gasteiger partial charge in [-0.3, -0.25) is 4.99 Å². The standard InChI is InChI=1S/C15H15ClN2O/c1-17-15(11-3-5-12(16)6-4-11)18-13-7-9-14(19-2)10-8-13/h3-10H,1-2H3,(H,17,18)/p+1. The molecule has 0 unspecified atom stereocenters. The molecule has 0 aliphatic heterocycles. The molecule has 0 atom stereocenters. The minimum Gasteiger partial charge on any atom is -0.497 e. The van der Waals surface area contributed by atoms with Crippen LogP contribution in [-0.4, -0.2) is 20.0 Å². The lowest BCUT2D eigenvalue weighted by Gasteiger charge is -2.04. The van der Waals surface area contributed by atoms with Crippen molar-refractivity contribution >= 4 is 23.1 Å². The third kappa shape index (κ3) is 3.48. The Morgan fingerprint density at radius 2 is 1.68 bits per heavy atom. The van der Waals surface area contributed by atoms with Crippen molar-refractivity contribution in [2.45, 2.75) is 0 Å². The summed E-state index contributed by atoms with van der Waals surface area (Å²) in [5.74, 6) is 1.75. The first-order valence-corrected chi connectivity index (χ1v) is 6.32. The van der Waals surface area contributed by atoms with E-state index in [0.29, 0.717) is 0 Å². The Hall–Kier alpha value is -2.00. The average Bonchev–Trinajstić information content (AvgIpc) is 2.46. The highest BCUT2D eigenvalue weighted by atomic mass is 35.5. The van der Waals surface area contributed by atoms with Crippen LogP contribution in [0.4, 0.5) is 5.69 Å². The number of ether oxygens (including phenoxy) is 1. The van der Waals surface area contributed by atoms with E-state index in [2.05, 4.69) is 10.3 Å². The number of benzene rings is 2. The predicted octanol–water partition coefficient (Wildman–Crippen LogP) is 1.92. The fraction of sp³-hybridized carbons (Fsp3) is 0.133. The Morgan fingerprint density at radius 3 is 2.21 bits per heavy atom. The second kappa shape index (κ2) is 6.25. The van der Waals surface area contributed by atoms with Crippen molar-refractivity contribution in [3.63, 3.8) is 0 Å². The molecule has 0 aliphatic carbocycles. The van der Waals surface area contributed by atoms with Crippen LogP contribution in [0, 0.1) is 0 Å². The summed E-state index contributed by atoms with van der Waals surface area (Å²) >= 11 is 5.89. The Kier molecular flexibility index (Phi) is 4.42. The largest absolute Gasteiger partial charge is 0.497 e. The molecule has 0 bridgehead atoms. The molecule has 2 N–H and O–H groups in total. The second-order valence-corrected chi connectivity index (χ2v) is 4.42. The number of rotatable bonds is 3. The van der Waals surface area contributed by atoms with Crippen molar-refractivity contribution in [1.82, 2.24) is 0 Å². The summed E-state index contributed by atoms with van der Waals surface area (Å²) in [5, 5.41) is 4.05. The van der Waals surface area contributed by atoms with E-state index in [0.717, 1.165) is 27.9 Å². The number of amidine groups is 1. The highest BCUT2D eigenvalue weighted by Gasteiger charge is 2.10. The molecule has 0 amide bonds. The van der Waals surface area contributed by atoms with Gasteiger partial charge in [0.25, 0.3) is 5.84 Å². The van der Waals surface area contributed by atoms with Gasteiger partial charge >= 0.3 is 0 Å². The van der Waals surface area contributed by atoms with E-state index in [1.807, 2.05) is 55.6 Å². The van der Waals surface area contributed by atoms with Crippen LogP contribution < -0.4 is 15.0 Å². The van der Waals surface area contributed by atoms with Crippen LogP contribution in [-0.2, 0) is 0 Å². The van der Waals surface area contributed by atoms with E-state index < -0.39 is 0 Å². The maximum absolute atomic E-state index is 5.89. The van der Waals surface area contributed by atoms with Gasteiger partial charge in [0.1, 0.15) is 11.4 Å². The molecule has 0 radical (unpaired) electrons. The van der Waals surface area contributed by atoms with Crippen molar-refractivity contribution in [2.75, 3.05) is 19.5 Å². The fourth-order valence-electron chi connectivity index (χ4n) is 1.71. The lowest BCUT2D eigenvalue weighted by molar-refractivity contribution is -0.419. The molecule has 2 rings (SSSR count). The molecule has 4 heteroatoms. The third-order valence-electron chi connectivity index (χ3n) is 2.74. The molecule has 2 aromatic carbocycles. The average molecular weight is 276 g/mol. The monoisotopic (exact) mass is 275 g/mol. The molecular formula is C15H16ClN2O+. The van der Waals surface area contributed by atoms with Gasteiger partial charge in [-0.15, -0.1) is 0 Å². The number of hydrogen-bond donors (Lipinski definition) is 2. The molecule has 0 aromatic heterocycles. The Balaban J connectivity index is 2.17. The van der Waals surface area contributed by atoms with E-state index in [1.54, 1.807) is 7.11 Å². The van der Waals surface area contributed by atoms with Crippen molar-refractivity contribution in [2.24, 2.45) is 0 Å². The topological polar surface area (TPSA) is 35.2 Å². The van der Waals surface area contributed by atoms with Crippen LogP contribution in [0.15, 0.2) is 48.5 Å². The smallest absolute Gasteiger partial charge is 0.279 e. The van der Waals surface area contributed by atoms with Crippen LogP contribution in [0.3, 0.4) is 0 Å². The van der Waals surface area contributed by atoms with Crippen LogP contribution in [0.1, 0.15) is 5.56 Å². The summed E-state index contributed by atoms with van der Waals surface area (Å²) < 4.78 is 5.13. The van der Waals surface area contributed by atoms with Crippen LogP contribution >= 0.6 is 11.6 Å². The molecule has 0 spiro atoms. The number of anilines is 1. The van der Waals surface area contributed by atoms with E-state index in [-0.39, 0.29) is 0 Å². The Morgan fingerprint density at radius 1 is 1.05 bits per heavy atom. The van der Waals surface area contributed by atoms with Gasteiger partial charge in [0, 0.05) is 5.02 Å². The Labute approximate surface area is 117 Å². The van der Waals surface area contributed by atoms with E-state index >= 15 is 0 Å². The van der Waals surface area contributed by atoms with Crippen LogP contribution in [0.2, 0.25) is 5.02 Å². The van der Waals surface area contributed by atoms with Crippen molar-refractivity contribution < 1.29 is 9.73 Å². The second-order valence-electron chi connectivity index (χ2n) is 3.99. The summed E-state index contributed by atoms with van der Waals surface area (Å²) in [5.41, 5.74) is 2.03. The maximum Gasteiger partial charge on any atom is 0.279 e. The molecule has 19 heavy (non-hydrogen) atoms. The quantitative estimate of drug-likeness (QED) is 0.663. The molecular weight excluding hydrogens is 260 g/mol. The fourth-order valence-corrected chi connectivity index (χ4v) is 1.84. The van der Waals surface area contributed by atoms with Gasteiger partial charge in [-0.05, 0) is 48.5 Å². The van der Waals surface area contributed by atoms with Gasteiger partial charge in [0.2, 0.25) is 0 Å². The summed E-state index contributed by atoms with van der Waals surface area (Å²) in [6.45, 7) is 0. The summed E-state index contributed by atoms with van der Waals surface area (Å²) in [7, 11) is 3.53. The first kappa shape index (κ1) is 13.4. The number of nitrogens with one attached hydrogen (secondary N) is 2. The van der Waals surface area contributed by atoms with E-state index in [1.165, 1.54) is 0 Å². The number of halogens is 1. The highest BCUT2D eigenvalue weighted by molar-refractivity contribution is 6.30. The van der Waals surface area contributed by atoms with Gasteiger partial charge < -0.3 is 4.74 Å². The molecule has 0 saturated carbocycles. The highest BCUT2D eigenvalue weighted by Crippen LogP contribution is 2.16. The summed E-state index contributed by atoms with van der Waals surface area (Å²) in [4.78, 5) is 3.15. The molecule has 0 fully saturated rings. The first-order chi connectivity index (χ1) is 9.22. The number of hydrogen-bond acceptors (Lipinski definition) is 1. The van der Waals surface area contributed by atoms with Crippen molar-refractivity contribution in [3.05, 3.63) is 59.1 Å². The molecule has 0 heterocycles. The third-order valence-corrected chi connectivity index (χ3v) is 2.99. The predicted molar refractivity (Wildman–Crippen MR) is 79.1 cm³/mol. The zero-order chi connectivity index (χ0) is 13.7. The Bertz CT molecular complexity index is 562. The van der Waals surface area contributed by atoms with Gasteiger partial charge in [-0.25, -0.2) is 5.32 Å². The summed E-state index contributed by atoms with van der Waals surface area (Å²) in [6.07, 6.45) is 0. The summed E-state index contributed by atoms with van der Waals surface area (Å²) in [6, 6.07) is 15.4. The van der Waals surface area contributed by atoms with Crippen LogP contribution in [0.25, 0.3) is 0 Å².